The Hall–Kier alpha value is -1.58. The van der Waals surface area contributed by atoms with Crippen molar-refractivity contribution >= 4 is 12.2 Å². The Morgan fingerprint density at radius 3 is 2.92 bits per heavy atom. The second kappa shape index (κ2) is 2.81. The van der Waals surface area contributed by atoms with Crippen molar-refractivity contribution in [2.45, 2.75) is 12.6 Å². The summed E-state index contributed by atoms with van der Waals surface area (Å²) in [7, 11) is 0. The average Bonchev–Trinajstić information content (AvgIpc) is 2.05. The summed E-state index contributed by atoms with van der Waals surface area (Å²) < 4.78 is 0. The molecular formula is C8H10N2O2. The number of carboxylic acids is 1. The number of hydrogen-bond donors (Lipinski definition) is 2. The predicted molar refractivity (Wildman–Crippen MR) is 45.9 cm³/mol. The third kappa shape index (κ3) is 1.53. The highest BCUT2D eigenvalue weighted by Gasteiger charge is 2.20. The highest BCUT2D eigenvalue weighted by Crippen LogP contribution is 2.11. The van der Waals surface area contributed by atoms with Gasteiger partial charge in [-0.3, -0.25) is 4.99 Å². The minimum atomic E-state index is -0.989. The van der Waals surface area contributed by atoms with Gasteiger partial charge in [0, 0.05) is 12.4 Å². The molecule has 1 atom stereocenters. The molecule has 1 rings (SSSR count). The third-order valence-corrected chi connectivity index (χ3v) is 1.64. The van der Waals surface area contributed by atoms with Crippen LogP contribution in [-0.2, 0) is 4.79 Å². The first-order valence-corrected chi connectivity index (χ1v) is 3.47. The van der Waals surface area contributed by atoms with Gasteiger partial charge in [-0.1, -0.05) is 6.58 Å². The lowest BCUT2D eigenvalue weighted by Crippen LogP contribution is -2.38. The Bertz CT molecular complexity index is 281. The van der Waals surface area contributed by atoms with Crippen molar-refractivity contribution in [1.82, 2.24) is 5.32 Å². The standard InChI is InChI=1S/C8H10N2O2/c1-3-8(2)9-4-6(5-10-8)7(11)12/h3-5,9H,1H2,2H3,(H,11,12). The van der Waals surface area contributed by atoms with Crippen LogP contribution in [0.3, 0.4) is 0 Å². The van der Waals surface area contributed by atoms with Crippen molar-refractivity contribution in [1.29, 1.82) is 0 Å². The number of carbonyl (C=O) groups is 1. The molecule has 0 aliphatic carbocycles. The number of hydrogen-bond acceptors (Lipinski definition) is 3. The van der Waals surface area contributed by atoms with E-state index in [0.29, 0.717) is 0 Å². The SMILES string of the molecule is C=CC1(C)N=CC(C(=O)O)=CN1. The number of nitrogens with one attached hydrogen (secondary N) is 1. The Morgan fingerprint density at radius 1 is 1.92 bits per heavy atom. The molecule has 0 bridgehead atoms. The van der Waals surface area contributed by atoms with Crippen molar-refractivity contribution in [2.24, 2.45) is 4.99 Å². The van der Waals surface area contributed by atoms with Crippen molar-refractivity contribution < 1.29 is 9.90 Å². The van der Waals surface area contributed by atoms with Gasteiger partial charge in [0.2, 0.25) is 0 Å². The molecule has 64 valence electrons. The van der Waals surface area contributed by atoms with Gasteiger partial charge in [0.1, 0.15) is 5.66 Å². The third-order valence-electron chi connectivity index (χ3n) is 1.64. The fourth-order valence-corrected chi connectivity index (χ4v) is 0.731. The number of aliphatic carboxylic acids is 1. The van der Waals surface area contributed by atoms with Crippen LogP contribution in [0.15, 0.2) is 29.4 Å². The van der Waals surface area contributed by atoms with E-state index < -0.39 is 11.6 Å². The Morgan fingerprint density at radius 2 is 2.58 bits per heavy atom. The van der Waals surface area contributed by atoms with Crippen LogP contribution < -0.4 is 5.32 Å². The molecular weight excluding hydrogens is 156 g/mol. The lowest BCUT2D eigenvalue weighted by molar-refractivity contribution is -0.132. The van der Waals surface area contributed by atoms with Crippen molar-refractivity contribution in [2.75, 3.05) is 0 Å². The predicted octanol–water partition coefficient (Wildman–Crippen LogP) is 0.531. The summed E-state index contributed by atoms with van der Waals surface area (Å²) in [5.74, 6) is -0.989. The number of aliphatic imine (C=N–C) groups is 1. The molecule has 0 aromatic heterocycles. The summed E-state index contributed by atoms with van der Waals surface area (Å²) in [6, 6.07) is 0. The van der Waals surface area contributed by atoms with Crippen LogP contribution in [0.25, 0.3) is 0 Å². The first-order valence-electron chi connectivity index (χ1n) is 3.47. The van der Waals surface area contributed by atoms with E-state index >= 15 is 0 Å². The normalized spacial score (nSPS) is 27.2. The van der Waals surface area contributed by atoms with E-state index in [0.717, 1.165) is 0 Å². The topological polar surface area (TPSA) is 61.7 Å². The van der Waals surface area contributed by atoms with Crippen LogP contribution in [0.1, 0.15) is 6.92 Å². The van der Waals surface area contributed by atoms with Crippen LogP contribution in [0.4, 0.5) is 0 Å². The molecule has 0 saturated heterocycles. The van der Waals surface area contributed by atoms with Gasteiger partial charge in [0.25, 0.3) is 0 Å². The molecule has 0 spiro atoms. The van der Waals surface area contributed by atoms with Crippen LogP contribution in [0.2, 0.25) is 0 Å². The molecule has 12 heavy (non-hydrogen) atoms. The summed E-state index contributed by atoms with van der Waals surface area (Å²) in [5.41, 5.74) is -0.423. The summed E-state index contributed by atoms with van der Waals surface area (Å²) in [5, 5.41) is 11.4. The molecule has 1 unspecified atom stereocenters. The highest BCUT2D eigenvalue weighted by molar-refractivity contribution is 6.08. The minimum absolute atomic E-state index is 0.148. The zero-order valence-corrected chi connectivity index (χ0v) is 6.74. The molecule has 0 saturated carbocycles. The molecule has 0 aromatic carbocycles. The monoisotopic (exact) mass is 166 g/mol. The van der Waals surface area contributed by atoms with Gasteiger partial charge in [-0.2, -0.15) is 0 Å². The molecule has 1 heterocycles. The largest absolute Gasteiger partial charge is 0.478 e. The maximum Gasteiger partial charge on any atom is 0.338 e. The Kier molecular flexibility index (Phi) is 1.99. The molecule has 0 aromatic rings. The van der Waals surface area contributed by atoms with Crippen LogP contribution in [0, 0.1) is 0 Å². The molecule has 4 heteroatoms. The number of nitrogens with zero attached hydrogens (tertiary/aromatic N) is 1. The van der Waals surface area contributed by atoms with Gasteiger partial charge < -0.3 is 10.4 Å². The summed E-state index contributed by atoms with van der Waals surface area (Å²) in [6.45, 7) is 5.37. The van der Waals surface area contributed by atoms with E-state index in [1.165, 1.54) is 12.4 Å². The summed E-state index contributed by atoms with van der Waals surface area (Å²) in [4.78, 5) is 14.4. The Balaban J connectivity index is 2.80. The van der Waals surface area contributed by atoms with E-state index in [4.69, 9.17) is 5.11 Å². The van der Waals surface area contributed by atoms with Gasteiger partial charge >= 0.3 is 5.97 Å². The molecule has 1 aliphatic rings. The first kappa shape index (κ1) is 8.52. The highest BCUT2D eigenvalue weighted by atomic mass is 16.4. The van der Waals surface area contributed by atoms with Crippen molar-refractivity contribution in [3.05, 3.63) is 24.4 Å². The van der Waals surface area contributed by atoms with Crippen molar-refractivity contribution in [3.8, 4) is 0 Å². The second-order valence-corrected chi connectivity index (χ2v) is 2.66. The van der Waals surface area contributed by atoms with Gasteiger partial charge in [-0.05, 0) is 13.0 Å². The molecule has 0 fully saturated rings. The van der Waals surface area contributed by atoms with Crippen LogP contribution >= 0.6 is 0 Å². The second-order valence-electron chi connectivity index (χ2n) is 2.66. The maximum atomic E-state index is 10.4. The van der Waals surface area contributed by atoms with Crippen molar-refractivity contribution in [3.63, 3.8) is 0 Å². The van der Waals surface area contributed by atoms with Gasteiger partial charge in [0.15, 0.2) is 0 Å². The molecule has 1 aliphatic heterocycles. The van der Waals surface area contributed by atoms with E-state index in [1.54, 1.807) is 13.0 Å². The van der Waals surface area contributed by atoms with E-state index in [2.05, 4.69) is 16.9 Å². The quantitative estimate of drug-likeness (QED) is 0.588. The zero-order chi connectivity index (χ0) is 9.19. The smallest absolute Gasteiger partial charge is 0.338 e. The fourth-order valence-electron chi connectivity index (χ4n) is 0.731. The van der Waals surface area contributed by atoms with Gasteiger partial charge in [-0.15, -0.1) is 0 Å². The van der Waals surface area contributed by atoms with Gasteiger partial charge in [0.05, 0.1) is 5.57 Å². The Labute approximate surface area is 70.3 Å². The number of rotatable bonds is 2. The zero-order valence-electron chi connectivity index (χ0n) is 6.74. The lowest BCUT2D eigenvalue weighted by Gasteiger charge is -2.24. The molecule has 0 amide bonds. The van der Waals surface area contributed by atoms with E-state index in [-0.39, 0.29) is 5.57 Å². The van der Waals surface area contributed by atoms with E-state index in [9.17, 15) is 4.79 Å². The molecule has 2 N–H and O–H groups in total. The molecule has 4 nitrogen and oxygen atoms in total. The van der Waals surface area contributed by atoms with Crippen LogP contribution in [0.5, 0.6) is 0 Å². The molecule has 0 radical (unpaired) electrons. The average molecular weight is 166 g/mol. The number of carboxylic acid groups (broad SMARTS) is 1. The van der Waals surface area contributed by atoms with E-state index in [1.807, 2.05) is 0 Å². The first-order chi connectivity index (χ1) is 5.57. The van der Waals surface area contributed by atoms with Crippen LogP contribution in [-0.4, -0.2) is 23.0 Å². The lowest BCUT2D eigenvalue weighted by atomic mass is 10.1. The summed E-state index contributed by atoms with van der Waals surface area (Å²) >= 11 is 0. The minimum Gasteiger partial charge on any atom is -0.478 e. The fraction of sp³-hybridized carbons (Fsp3) is 0.250. The summed E-state index contributed by atoms with van der Waals surface area (Å²) in [6.07, 6.45) is 4.34. The maximum absolute atomic E-state index is 10.4. The van der Waals surface area contributed by atoms with Gasteiger partial charge in [-0.25, -0.2) is 4.79 Å².